The number of ether oxygens (including phenoxy) is 1. The number of rotatable bonds is 7. The maximum absolute atomic E-state index is 13.0. The van der Waals surface area contributed by atoms with E-state index in [2.05, 4.69) is 28.7 Å². The van der Waals surface area contributed by atoms with Crippen LogP contribution in [0.3, 0.4) is 0 Å². The van der Waals surface area contributed by atoms with Crippen molar-refractivity contribution >= 4 is 33.3 Å². The summed E-state index contributed by atoms with van der Waals surface area (Å²) in [5.74, 6) is 2.26. The van der Waals surface area contributed by atoms with Gasteiger partial charge in [0.15, 0.2) is 0 Å². The molecular weight excluding hydrogens is 420 g/mol. The van der Waals surface area contributed by atoms with E-state index >= 15 is 0 Å². The zero-order valence-corrected chi connectivity index (χ0v) is 20.2. The third-order valence-electron chi connectivity index (χ3n) is 6.45. The number of para-hydroxylation sites is 1. The Kier molecular flexibility index (Phi) is 6.94. The molecule has 32 heavy (non-hydrogen) atoms. The van der Waals surface area contributed by atoms with E-state index in [9.17, 15) is 4.79 Å². The topological polar surface area (TPSA) is 58.6 Å². The number of aryl methyl sites for hydroxylation is 3. The van der Waals surface area contributed by atoms with Crippen LogP contribution in [-0.2, 0) is 4.79 Å². The molecule has 0 atom stereocenters. The Morgan fingerprint density at radius 3 is 2.69 bits per heavy atom. The van der Waals surface area contributed by atoms with E-state index in [1.165, 1.54) is 15.8 Å². The standard InChI is InChI=1S/C25H32N4O2S/c1-17-8-5-6-9-21(17)31-15-7-12-28(4)25(30)20-10-13-29(14-11-20)23-22-18(2)19(3)32-24(22)27-16-26-23/h5-6,8-9,16,20H,7,10-15H2,1-4H3. The zero-order valence-electron chi connectivity index (χ0n) is 19.4. The van der Waals surface area contributed by atoms with Crippen LogP contribution in [0.5, 0.6) is 5.75 Å². The number of thiophene rings is 1. The van der Waals surface area contributed by atoms with E-state index < -0.39 is 0 Å². The summed E-state index contributed by atoms with van der Waals surface area (Å²) < 4.78 is 5.87. The fourth-order valence-electron chi connectivity index (χ4n) is 4.37. The van der Waals surface area contributed by atoms with Crippen molar-refractivity contribution < 1.29 is 9.53 Å². The van der Waals surface area contributed by atoms with Crippen LogP contribution in [0.1, 0.15) is 35.3 Å². The van der Waals surface area contributed by atoms with Gasteiger partial charge >= 0.3 is 0 Å². The van der Waals surface area contributed by atoms with E-state index in [1.54, 1.807) is 17.7 Å². The first-order valence-electron chi connectivity index (χ1n) is 11.3. The number of hydrogen-bond acceptors (Lipinski definition) is 6. The predicted molar refractivity (Wildman–Crippen MR) is 131 cm³/mol. The molecule has 3 heterocycles. The molecule has 0 radical (unpaired) electrons. The van der Waals surface area contributed by atoms with Gasteiger partial charge in [-0.2, -0.15) is 0 Å². The summed E-state index contributed by atoms with van der Waals surface area (Å²) in [5, 5.41) is 1.17. The summed E-state index contributed by atoms with van der Waals surface area (Å²) >= 11 is 1.73. The number of nitrogens with zero attached hydrogens (tertiary/aromatic N) is 4. The Morgan fingerprint density at radius 2 is 1.94 bits per heavy atom. The first-order valence-corrected chi connectivity index (χ1v) is 12.2. The molecule has 0 bridgehead atoms. The van der Waals surface area contributed by atoms with E-state index in [-0.39, 0.29) is 11.8 Å². The maximum Gasteiger partial charge on any atom is 0.225 e. The molecule has 0 spiro atoms. The van der Waals surface area contributed by atoms with Crippen LogP contribution in [-0.4, -0.2) is 54.1 Å². The molecule has 0 aliphatic carbocycles. The van der Waals surface area contributed by atoms with Crippen molar-refractivity contribution in [3.8, 4) is 5.75 Å². The van der Waals surface area contributed by atoms with Crippen LogP contribution in [0.2, 0.25) is 0 Å². The number of anilines is 1. The summed E-state index contributed by atoms with van der Waals surface area (Å²) in [5.41, 5.74) is 2.41. The molecule has 7 heteroatoms. The second-order valence-electron chi connectivity index (χ2n) is 8.65. The molecule has 6 nitrogen and oxygen atoms in total. The number of benzene rings is 1. The highest BCUT2D eigenvalue weighted by Crippen LogP contribution is 2.35. The van der Waals surface area contributed by atoms with Gasteiger partial charge in [-0.25, -0.2) is 9.97 Å². The molecule has 1 aliphatic rings. The summed E-state index contributed by atoms with van der Waals surface area (Å²) in [6, 6.07) is 8.03. The van der Waals surface area contributed by atoms with Crippen molar-refractivity contribution in [1.82, 2.24) is 14.9 Å². The van der Waals surface area contributed by atoms with E-state index in [0.29, 0.717) is 13.2 Å². The lowest BCUT2D eigenvalue weighted by Crippen LogP contribution is -2.42. The molecular formula is C25H32N4O2S. The van der Waals surface area contributed by atoms with Gasteiger partial charge in [0.25, 0.3) is 0 Å². The predicted octanol–water partition coefficient (Wildman–Crippen LogP) is 4.76. The van der Waals surface area contributed by atoms with Gasteiger partial charge in [-0.3, -0.25) is 4.79 Å². The number of carbonyl (C=O) groups is 1. The second-order valence-corrected chi connectivity index (χ2v) is 9.85. The van der Waals surface area contributed by atoms with Crippen LogP contribution in [0.25, 0.3) is 10.2 Å². The molecule has 1 saturated heterocycles. The molecule has 1 aliphatic heterocycles. The molecule has 170 valence electrons. The minimum atomic E-state index is 0.0798. The van der Waals surface area contributed by atoms with Crippen molar-refractivity contribution in [1.29, 1.82) is 0 Å². The molecule has 0 N–H and O–H groups in total. The van der Waals surface area contributed by atoms with Crippen LogP contribution in [0.15, 0.2) is 30.6 Å². The zero-order chi connectivity index (χ0) is 22.7. The minimum absolute atomic E-state index is 0.0798. The Labute approximate surface area is 194 Å². The SMILES string of the molecule is Cc1ccccc1OCCCN(C)C(=O)C1CCN(c2ncnc3sc(C)c(C)c23)CC1. The minimum Gasteiger partial charge on any atom is -0.493 e. The Morgan fingerprint density at radius 1 is 1.19 bits per heavy atom. The Hall–Kier alpha value is -2.67. The summed E-state index contributed by atoms with van der Waals surface area (Å²) in [6.07, 6.45) is 4.20. The lowest BCUT2D eigenvalue weighted by Gasteiger charge is -2.34. The molecule has 0 saturated carbocycles. The van der Waals surface area contributed by atoms with Crippen molar-refractivity contribution in [3.63, 3.8) is 0 Å². The lowest BCUT2D eigenvalue weighted by atomic mass is 9.95. The highest BCUT2D eigenvalue weighted by molar-refractivity contribution is 7.18. The highest BCUT2D eigenvalue weighted by Gasteiger charge is 2.29. The van der Waals surface area contributed by atoms with E-state index in [1.807, 2.05) is 43.1 Å². The van der Waals surface area contributed by atoms with Crippen molar-refractivity contribution in [2.75, 3.05) is 38.2 Å². The molecule has 0 unspecified atom stereocenters. The number of hydrogen-bond donors (Lipinski definition) is 0. The second kappa shape index (κ2) is 9.86. The van der Waals surface area contributed by atoms with Crippen LogP contribution >= 0.6 is 11.3 Å². The monoisotopic (exact) mass is 452 g/mol. The van der Waals surface area contributed by atoms with Gasteiger partial charge in [0, 0.05) is 37.5 Å². The average molecular weight is 453 g/mol. The summed E-state index contributed by atoms with van der Waals surface area (Å²) in [4.78, 5) is 28.6. The van der Waals surface area contributed by atoms with Gasteiger partial charge in [-0.05, 0) is 57.2 Å². The van der Waals surface area contributed by atoms with Crippen LogP contribution in [0.4, 0.5) is 5.82 Å². The van der Waals surface area contributed by atoms with Crippen molar-refractivity contribution in [2.24, 2.45) is 5.92 Å². The largest absolute Gasteiger partial charge is 0.493 e. The third kappa shape index (κ3) is 4.72. The first-order chi connectivity index (χ1) is 15.5. The number of carbonyl (C=O) groups excluding carboxylic acids is 1. The average Bonchev–Trinajstić information content (AvgIpc) is 3.11. The molecule has 3 aromatic rings. The Balaban J connectivity index is 1.28. The quantitative estimate of drug-likeness (QED) is 0.484. The maximum atomic E-state index is 13.0. The van der Waals surface area contributed by atoms with Gasteiger partial charge in [-0.1, -0.05) is 18.2 Å². The molecule has 1 aromatic carbocycles. The number of amides is 1. The number of piperidine rings is 1. The third-order valence-corrected chi connectivity index (χ3v) is 7.57. The van der Waals surface area contributed by atoms with Gasteiger partial charge in [0.1, 0.15) is 22.7 Å². The Bertz CT molecular complexity index is 1090. The molecule has 1 amide bonds. The fourth-order valence-corrected chi connectivity index (χ4v) is 5.36. The molecule has 2 aromatic heterocycles. The highest BCUT2D eigenvalue weighted by atomic mass is 32.1. The first kappa shape index (κ1) is 22.5. The normalized spacial score (nSPS) is 14.7. The molecule has 4 rings (SSSR count). The van der Waals surface area contributed by atoms with Crippen molar-refractivity contribution in [3.05, 3.63) is 46.6 Å². The number of fused-ring (bicyclic) bond motifs is 1. The van der Waals surface area contributed by atoms with Crippen molar-refractivity contribution in [2.45, 2.75) is 40.0 Å². The van der Waals surface area contributed by atoms with E-state index in [0.717, 1.165) is 54.3 Å². The summed E-state index contributed by atoms with van der Waals surface area (Å²) in [6.45, 7) is 9.36. The van der Waals surface area contributed by atoms with Gasteiger partial charge < -0.3 is 14.5 Å². The van der Waals surface area contributed by atoms with Gasteiger partial charge in [-0.15, -0.1) is 11.3 Å². The lowest BCUT2D eigenvalue weighted by molar-refractivity contribution is -0.134. The smallest absolute Gasteiger partial charge is 0.225 e. The van der Waals surface area contributed by atoms with Crippen LogP contribution < -0.4 is 9.64 Å². The summed E-state index contributed by atoms with van der Waals surface area (Å²) in [7, 11) is 1.91. The van der Waals surface area contributed by atoms with Gasteiger partial charge in [0.05, 0.1) is 12.0 Å². The molecule has 1 fully saturated rings. The fraction of sp³-hybridized carbons (Fsp3) is 0.480. The number of aromatic nitrogens is 2. The van der Waals surface area contributed by atoms with Crippen LogP contribution in [0, 0.1) is 26.7 Å². The van der Waals surface area contributed by atoms with E-state index in [4.69, 9.17) is 4.74 Å². The van der Waals surface area contributed by atoms with Gasteiger partial charge in [0.2, 0.25) is 5.91 Å².